The zero-order valence-corrected chi connectivity index (χ0v) is 35.7. The first kappa shape index (κ1) is 47.8. The fourth-order valence-electron chi connectivity index (χ4n) is 4.43. The standard InChI is InChI=1S/C37H62N4O9S2Si/c1-10-11-12-13-14-18-32(44)51-20-16-15-17-27(22-31(43)48-19-21-53(7,8)9)49-35(46)33(26(2)3)41-29(42)23-38-34(45)28-25-52-30(40-28)24-39-36(47)50-37(4,5)6/h15,17,25-27,33H,10-14,16,18-24H2,1-9H3,(H,38,45)(H,39,47)(H,41,42)/b17-15+/t27-,33+/m1/s1. The van der Waals surface area contributed by atoms with Crippen molar-refractivity contribution in [2.75, 3.05) is 18.9 Å². The highest BCUT2D eigenvalue weighted by atomic mass is 32.2. The number of esters is 2. The van der Waals surface area contributed by atoms with E-state index in [0.29, 0.717) is 23.6 Å². The number of carbonyl (C=O) groups excluding carboxylic acids is 6. The number of nitrogens with zero attached hydrogens (tertiary/aromatic N) is 1. The van der Waals surface area contributed by atoms with Crippen molar-refractivity contribution in [3.63, 3.8) is 0 Å². The number of nitrogens with one attached hydrogen (secondary N) is 3. The molecule has 3 amide bonds. The van der Waals surface area contributed by atoms with E-state index in [0.717, 1.165) is 43.1 Å². The second-order valence-corrected chi connectivity index (χ2v) is 23.0. The minimum atomic E-state index is -1.43. The maximum absolute atomic E-state index is 13.3. The Balaban J connectivity index is 2.76. The molecule has 0 aliphatic heterocycles. The maximum atomic E-state index is 13.3. The summed E-state index contributed by atoms with van der Waals surface area (Å²) in [5, 5.41) is 9.81. The van der Waals surface area contributed by atoms with Gasteiger partial charge in [0.1, 0.15) is 28.4 Å². The van der Waals surface area contributed by atoms with Gasteiger partial charge in [0.05, 0.1) is 26.1 Å². The number of thiazole rings is 1. The van der Waals surface area contributed by atoms with E-state index in [-0.39, 0.29) is 36.3 Å². The van der Waals surface area contributed by atoms with E-state index in [9.17, 15) is 28.8 Å². The van der Waals surface area contributed by atoms with Crippen molar-refractivity contribution < 1.29 is 43.0 Å². The number of rotatable bonds is 24. The van der Waals surface area contributed by atoms with Crippen LogP contribution in [-0.2, 0) is 39.9 Å². The van der Waals surface area contributed by atoms with E-state index in [4.69, 9.17) is 14.2 Å². The Morgan fingerprint density at radius 3 is 2.36 bits per heavy atom. The van der Waals surface area contributed by atoms with E-state index in [1.165, 1.54) is 23.6 Å². The SMILES string of the molecule is CCCCCCCC(=O)SCC/C=C/[C@H](CC(=O)OCC[Si](C)(C)C)OC(=O)[C@@H](NC(=O)CNC(=O)c1csc(CNC(=O)OC(C)(C)C)n1)C(C)C. The number of thioether (sulfide) groups is 1. The van der Waals surface area contributed by atoms with Crippen molar-refractivity contribution >= 4 is 66.1 Å². The monoisotopic (exact) mass is 798 g/mol. The van der Waals surface area contributed by atoms with E-state index in [2.05, 4.69) is 47.5 Å². The van der Waals surface area contributed by atoms with Gasteiger partial charge in [0.25, 0.3) is 5.91 Å². The van der Waals surface area contributed by atoms with Gasteiger partial charge >= 0.3 is 18.0 Å². The first-order valence-electron chi connectivity index (χ1n) is 18.5. The Bertz CT molecular complexity index is 1360. The van der Waals surface area contributed by atoms with Crippen LogP contribution >= 0.6 is 23.1 Å². The Morgan fingerprint density at radius 2 is 1.72 bits per heavy atom. The Kier molecular flexibility index (Phi) is 22.5. The normalized spacial score (nSPS) is 12.9. The Labute approximate surface area is 324 Å². The molecule has 0 aliphatic rings. The number of unbranched alkanes of at least 4 members (excludes halogenated alkanes) is 4. The second-order valence-electron chi connectivity index (χ2n) is 15.3. The van der Waals surface area contributed by atoms with Gasteiger partial charge in [0.2, 0.25) is 5.91 Å². The topological polar surface area (TPSA) is 179 Å². The van der Waals surface area contributed by atoms with Gasteiger partial charge in [-0.05, 0) is 51.7 Å². The molecule has 1 rings (SSSR count). The molecule has 0 aromatic carbocycles. The van der Waals surface area contributed by atoms with Gasteiger partial charge in [-0.1, -0.05) is 83.9 Å². The van der Waals surface area contributed by atoms with Gasteiger partial charge in [-0.25, -0.2) is 14.6 Å². The van der Waals surface area contributed by atoms with Crippen LogP contribution in [0.3, 0.4) is 0 Å². The van der Waals surface area contributed by atoms with Crippen molar-refractivity contribution in [1.29, 1.82) is 0 Å². The molecule has 0 bridgehead atoms. The van der Waals surface area contributed by atoms with Crippen LogP contribution in [0.5, 0.6) is 0 Å². The van der Waals surface area contributed by atoms with Crippen molar-refractivity contribution in [3.05, 3.63) is 28.2 Å². The van der Waals surface area contributed by atoms with E-state index in [1.54, 1.807) is 46.8 Å². The zero-order chi connectivity index (χ0) is 40.0. The molecule has 0 unspecified atom stereocenters. The molecule has 300 valence electrons. The molecule has 1 aromatic rings. The molecule has 1 aromatic heterocycles. The third kappa shape index (κ3) is 23.9. The number of hydrogen-bond donors (Lipinski definition) is 3. The van der Waals surface area contributed by atoms with Crippen LogP contribution in [0.2, 0.25) is 25.7 Å². The number of allylic oxidation sites excluding steroid dienone is 1. The highest BCUT2D eigenvalue weighted by Gasteiger charge is 2.29. The van der Waals surface area contributed by atoms with Gasteiger partial charge in [-0.2, -0.15) is 0 Å². The lowest BCUT2D eigenvalue weighted by atomic mass is 10.0. The highest BCUT2D eigenvalue weighted by Crippen LogP contribution is 2.16. The number of alkyl carbamates (subject to hydrolysis) is 1. The summed E-state index contributed by atoms with van der Waals surface area (Å²) >= 11 is 2.44. The van der Waals surface area contributed by atoms with Gasteiger partial charge in [0.15, 0.2) is 5.12 Å². The average molecular weight is 799 g/mol. The summed E-state index contributed by atoms with van der Waals surface area (Å²) in [6.45, 7) is 17.3. The summed E-state index contributed by atoms with van der Waals surface area (Å²) in [6.07, 6.45) is 8.17. The molecule has 13 nitrogen and oxygen atoms in total. The number of aromatic nitrogens is 1. The van der Waals surface area contributed by atoms with Crippen LogP contribution < -0.4 is 16.0 Å². The largest absolute Gasteiger partial charge is 0.466 e. The first-order valence-corrected chi connectivity index (χ1v) is 24.0. The highest BCUT2D eigenvalue weighted by molar-refractivity contribution is 8.13. The lowest BCUT2D eigenvalue weighted by Gasteiger charge is -2.23. The summed E-state index contributed by atoms with van der Waals surface area (Å²) in [7, 11) is -1.43. The van der Waals surface area contributed by atoms with Crippen molar-refractivity contribution in [2.24, 2.45) is 5.92 Å². The zero-order valence-electron chi connectivity index (χ0n) is 33.1. The van der Waals surface area contributed by atoms with Crippen LogP contribution in [0.25, 0.3) is 0 Å². The van der Waals surface area contributed by atoms with E-state index < -0.39 is 62.2 Å². The number of carbonyl (C=O) groups is 6. The number of ether oxygens (including phenoxy) is 3. The van der Waals surface area contributed by atoms with Crippen molar-refractivity contribution in [3.8, 4) is 0 Å². The third-order valence-corrected chi connectivity index (χ3v) is 10.9. The summed E-state index contributed by atoms with van der Waals surface area (Å²) < 4.78 is 16.4. The molecule has 0 fully saturated rings. The van der Waals surface area contributed by atoms with Crippen LogP contribution in [0.4, 0.5) is 4.79 Å². The molecule has 3 N–H and O–H groups in total. The van der Waals surface area contributed by atoms with E-state index >= 15 is 0 Å². The number of amides is 3. The summed E-state index contributed by atoms with van der Waals surface area (Å²) in [6, 6.07) is -0.260. The lowest BCUT2D eigenvalue weighted by molar-refractivity contribution is -0.156. The fourth-order valence-corrected chi connectivity index (χ4v) is 6.63. The molecule has 0 aliphatic carbocycles. The predicted octanol–water partition coefficient (Wildman–Crippen LogP) is 6.79. The molecule has 16 heteroatoms. The van der Waals surface area contributed by atoms with Crippen LogP contribution in [0.1, 0.15) is 108 Å². The second kappa shape index (κ2) is 25.0. The summed E-state index contributed by atoms with van der Waals surface area (Å²) in [5.74, 6) is -2.28. The maximum Gasteiger partial charge on any atom is 0.408 e. The lowest BCUT2D eigenvalue weighted by Crippen LogP contribution is -2.49. The molecule has 53 heavy (non-hydrogen) atoms. The minimum Gasteiger partial charge on any atom is -0.466 e. The quantitative estimate of drug-likeness (QED) is 0.0330. The minimum absolute atomic E-state index is 0.0653. The molecule has 1 heterocycles. The van der Waals surface area contributed by atoms with Gasteiger partial charge in [-0.15, -0.1) is 11.3 Å². The Morgan fingerprint density at radius 1 is 1.02 bits per heavy atom. The third-order valence-electron chi connectivity index (χ3n) is 7.35. The number of hydrogen-bond acceptors (Lipinski definition) is 12. The summed E-state index contributed by atoms with van der Waals surface area (Å²) in [5.41, 5.74) is -0.585. The summed E-state index contributed by atoms with van der Waals surface area (Å²) in [4.78, 5) is 79.9. The van der Waals surface area contributed by atoms with E-state index in [1.807, 2.05) is 0 Å². The molecular weight excluding hydrogens is 737 g/mol. The average Bonchev–Trinajstić information content (AvgIpc) is 3.52. The molecule has 0 saturated heterocycles. The fraction of sp³-hybridized carbons (Fsp3) is 0.703. The van der Waals surface area contributed by atoms with Crippen molar-refractivity contribution in [2.45, 2.75) is 143 Å². The van der Waals surface area contributed by atoms with Crippen LogP contribution in [0, 0.1) is 5.92 Å². The smallest absolute Gasteiger partial charge is 0.408 e. The predicted molar refractivity (Wildman–Crippen MR) is 212 cm³/mol. The molecule has 0 spiro atoms. The molecule has 2 atom stereocenters. The molecular formula is C37H62N4O9S2Si. The van der Waals surface area contributed by atoms with Gasteiger partial charge in [-0.3, -0.25) is 19.2 Å². The molecule has 0 radical (unpaired) electrons. The molecule has 0 saturated carbocycles. The van der Waals surface area contributed by atoms with Gasteiger partial charge in [0, 0.05) is 25.6 Å². The first-order chi connectivity index (χ1) is 24.8. The Hall–Kier alpha value is -3.24. The van der Waals surface area contributed by atoms with Crippen molar-refractivity contribution in [1.82, 2.24) is 20.9 Å². The van der Waals surface area contributed by atoms with Crippen LogP contribution in [0.15, 0.2) is 17.5 Å². The van der Waals surface area contributed by atoms with Gasteiger partial charge < -0.3 is 30.2 Å². The van der Waals surface area contributed by atoms with Crippen LogP contribution in [-0.4, -0.2) is 84.7 Å².